The first-order valence-corrected chi connectivity index (χ1v) is 8.17. The molecule has 1 amide bonds. The molecule has 0 aliphatic heterocycles. The van der Waals surface area contributed by atoms with Gasteiger partial charge in [-0.2, -0.15) is 4.68 Å². The van der Waals surface area contributed by atoms with Crippen molar-refractivity contribution in [1.82, 2.24) is 25.5 Å². The second-order valence-corrected chi connectivity index (χ2v) is 5.52. The molecule has 0 unspecified atom stereocenters. The number of nitrogens with zero attached hydrogens (tertiary/aromatic N) is 4. The lowest BCUT2D eigenvalue weighted by Gasteiger charge is -2.07. The molecule has 0 fully saturated rings. The molecular weight excluding hydrogens is 337 g/mol. The quantitative estimate of drug-likeness (QED) is 0.701. The van der Waals surface area contributed by atoms with Gasteiger partial charge in [0.15, 0.2) is 5.82 Å². The highest BCUT2D eigenvalue weighted by Gasteiger charge is 2.11. The summed E-state index contributed by atoms with van der Waals surface area (Å²) in [7, 11) is 0. The van der Waals surface area contributed by atoms with Crippen LogP contribution in [-0.2, 0) is 17.8 Å². The number of carbonyl (C=O) groups is 1. The number of amides is 1. The van der Waals surface area contributed by atoms with Gasteiger partial charge < -0.3 is 10.1 Å². The number of nitrogens with one attached hydrogen (secondary N) is 1. The van der Waals surface area contributed by atoms with Crippen molar-refractivity contribution in [3.05, 3.63) is 65.7 Å². The van der Waals surface area contributed by atoms with Gasteiger partial charge in [-0.05, 0) is 53.2 Å². The minimum atomic E-state index is -0.386. The molecule has 0 atom stereocenters. The van der Waals surface area contributed by atoms with Gasteiger partial charge in [0, 0.05) is 0 Å². The highest BCUT2D eigenvalue weighted by atomic mass is 19.1. The van der Waals surface area contributed by atoms with Crippen molar-refractivity contribution in [2.24, 2.45) is 0 Å². The monoisotopic (exact) mass is 355 g/mol. The lowest BCUT2D eigenvalue weighted by molar-refractivity contribution is -0.120. The molecule has 0 spiro atoms. The Morgan fingerprint density at radius 3 is 2.77 bits per heavy atom. The Hall–Kier alpha value is -3.29. The average Bonchev–Trinajstić information content (AvgIpc) is 3.10. The van der Waals surface area contributed by atoms with E-state index < -0.39 is 0 Å². The fourth-order valence-corrected chi connectivity index (χ4v) is 2.42. The number of hydrogen-bond donors (Lipinski definition) is 1. The smallest absolute Gasteiger partial charge is 0.224 e. The summed E-state index contributed by atoms with van der Waals surface area (Å²) in [5.41, 5.74) is 1.36. The third kappa shape index (κ3) is 4.41. The Morgan fingerprint density at radius 1 is 1.23 bits per heavy atom. The minimum absolute atomic E-state index is 0.138. The predicted octanol–water partition coefficient (Wildman–Crippen LogP) is 2.06. The number of carbonyl (C=O) groups excluding carboxylic acids is 1. The summed E-state index contributed by atoms with van der Waals surface area (Å²) in [4.78, 5) is 12.1. The first kappa shape index (κ1) is 17.5. The van der Waals surface area contributed by atoms with Crippen LogP contribution < -0.4 is 10.1 Å². The fourth-order valence-electron chi connectivity index (χ4n) is 2.42. The molecule has 1 aromatic heterocycles. The van der Waals surface area contributed by atoms with E-state index in [4.69, 9.17) is 4.74 Å². The van der Waals surface area contributed by atoms with E-state index in [2.05, 4.69) is 20.8 Å². The van der Waals surface area contributed by atoms with Gasteiger partial charge in [-0.15, -0.1) is 5.10 Å². The predicted molar refractivity (Wildman–Crippen MR) is 92.3 cm³/mol. The third-order valence-corrected chi connectivity index (χ3v) is 3.63. The summed E-state index contributed by atoms with van der Waals surface area (Å²) in [5, 5.41) is 14.1. The van der Waals surface area contributed by atoms with Gasteiger partial charge in [0.1, 0.15) is 11.6 Å². The van der Waals surface area contributed by atoms with Gasteiger partial charge in [0.25, 0.3) is 0 Å². The first-order valence-electron chi connectivity index (χ1n) is 8.17. The Morgan fingerprint density at radius 2 is 2.04 bits per heavy atom. The topological polar surface area (TPSA) is 81.9 Å². The highest BCUT2D eigenvalue weighted by Crippen LogP contribution is 2.13. The fraction of sp³-hybridized carbons (Fsp3) is 0.222. The van der Waals surface area contributed by atoms with Gasteiger partial charge in [0.2, 0.25) is 5.91 Å². The SMILES string of the molecule is CCOc1ccc(CC(=O)NCc2nnnn2-c2cccc(F)c2)cc1. The van der Waals surface area contributed by atoms with E-state index in [1.807, 2.05) is 31.2 Å². The molecule has 3 rings (SSSR count). The Kier molecular flexibility index (Phi) is 5.52. The van der Waals surface area contributed by atoms with Gasteiger partial charge in [-0.3, -0.25) is 4.79 Å². The number of hydrogen-bond acceptors (Lipinski definition) is 5. The van der Waals surface area contributed by atoms with E-state index >= 15 is 0 Å². The molecule has 3 aromatic rings. The van der Waals surface area contributed by atoms with Crippen LogP contribution in [0.2, 0.25) is 0 Å². The van der Waals surface area contributed by atoms with Crippen molar-refractivity contribution in [3.8, 4) is 11.4 Å². The largest absolute Gasteiger partial charge is 0.494 e. The number of benzene rings is 2. The summed E-state index contributed by atoms with van der Waals surface area (Å²) in [6.07, 6.45) is 0.230. The summed E-state index contributed by atoms with van der Waals surface area (Å²) in [6, 6.07) is 13.3. The van der Waals surface area contributed by atoms with Crippen LogP contribution in [0.5, 0.6) is 5.75 Å². The maximum atomic E-state index is 13.4. The van der Waals surface area contributed by atoms with E-state index in [0.717, 1.165) is 11.3 Å². The average molecular weight is 355 g/mol. The second kappa shape index (κ2) is 8.19. The molecule has 2 aromatic carbocycles. The summed E-state index contributed by atoms with van der Waals surface area (Å²) < 4.78 is 20.1. The zero-order valence-corrected chi connectivity index (χ0v) is 14.2. The van der Waals surface area contributed by atoms with E-state index in [1.165, 1.54) is 16.8 Å². The zero-order chi connectivity index (χ0) is 18.4. The second-order valence-electron chi connectivity index (χ2n) is 5.52. The van der Waals surface area contributed by atoms with Gasteiger partial charge >= 0.3 is 0 Å². The number of rotatable bonds is 7. The summed E-state index contributed by atoms with van der Waals surface area (Å²) in [5.74, 6) is 0.632. The molecule has 0 saturated heterocycles. The lowest BCUT2D eigenvalue weighted by atomic mass is 10.1. The highest BCUT2D eigenvalue weighted by molar-refractivity contribution is 5.78. The van der Waals surface area contributed by atoms with Crippen LogP contribution >= 0.6 is 0 Å². The third-order valence-electron chi connectivity index (χ3n) is 3.63. The Labute approximate surface area is 149 Å². The maximum absolute atomic E-state index is 13.4. The van der Waals surface area contributed by atoms with Crippen molar-refractivity contribution in [3.63, 3.8) is 0 Å². The van der Waals surface area contributed by atoms with Crippen LogP contribution in [0.15, 0.2) is 48.5 Å². The molecule has 1 N–H and O–H groups in total. The van der Waals surface area contributed by atoms with E-state index in [9.17, 15) is 9.18 Å². The van der Waals surface area contributed by atoms with Crippen molar-refractivity contribution in [2.45, 2.75) is 19.9 Å². The molecule has 7 nitrogen and oxygen atoms in total. The minimum Gasteiger partial charge on any atom is -0.494 e. The lowest BCUT2D eigenvalue weighted by Crippen LogP contribution is -2.26. The van der Waals surface area contributed by atoms with Crippen LogP contribution in [0.25, 0.3) is 5.69 Å². The molecule has 8 heteroatoms. The molecule has 0 radical (unpaired) electrons. The molecule has 0 bridgehead atoms. The molecule has 0 aliphatic carbocycles. The number of aromatic nitrogens is 4. The van der Waals surface area contributed by atoms with Gasteiger partial charge in [-0.25, -0.2) is 4.39 Å². The van der Waals surface area contributed by atoms with Crippen LogP contribution in [0.3, 0.4) is 0 Å². The van der Waals surface area contributed by atoms with Crippen molar-refractivity contribution >= 4 is 5.91 Å². The summed E-state index contributed by atoms with van der Waals surface area (Å²) in [6.45, 7) is 2.65. The molecular formula is C18H18FN5O2. The van der Waals surface area contributed by atoms with E-state index in [1.54, 1.807) is 12.1 Å². The molecule has 0 saturated carbocycles. The standard InChI is InChI=1S/C18H18FN5O2/c1-2-26-16-8-6-13(7-9-16)10-18(25)20-12-17-21-22-23-24(17)15-5-3-4-14(19)11-15/h3-9,11H,2,10,12H2,1H3,(H,20,25). The van der Waals surface area contributed by atoms with Crippen LogP contribution in [0, 0.1) is 5.82 Å². The normalized spacial score (nSPS) is 10.5. The molecule has 26 heavy (non-hydrogen) atoms. The van der Waals surface area contributed by atoms with Crippen molar-refractivity contribution < 1.29 is 13.9 Å². The van der Waals surface area contributed by atoms with E-state index in [0.29, 0.717) is 18.1 Å². The van der Waals surface area contributed by atoms with Crippen LogP contribution in [0.4, 0.5) is 4.39 Å². The number of halogens is 1. The molecule has 1 heterocycles. The van der Waals surface area contributed by atoms with Gasteiger partial charge in [0.05, 0.1) is 25.3 Å². The Balaban J connectivity index is 1.59. The summed E-state index contributed by atoms with van der Waals surface area (Å²) >= 11 is 0. The first-order chi connectivity index (χ1) is 12.7. The van der Waals surface area contributed by atoms with E-state index in [-0.39, 0.29) is 24.7 Å². The van der Waals surface area contributed by atoms with Crippen LogP contribution in [-0.4, -0.2) is 32.7 Å². The molecule has 134 valence electrons. The number of tetrazole rings is 1. The molecule has 0 aliphatic rings. The number of ether oxygens (including phenoxy) is 1. The Bertz CT molecular complexity index is 879. The van der Waals surface area contributed by atoms with Crippen molar-refractivity contribution in [2.75, 3.05) is 6.61 Å². The van der Waals surface area contributed by atoms with Crippen molar-refractivity contribution in [1.29, 1.82) is 0 Å². The maximum Gasteiger partial charge on any atom is 0.224 e. The van der Waals surface area contributed by atoms with Gasteiger partial charge in [-0.1, -0.05) is 18.2 Å². The van der Waals surface area contributed by atoms with Crippen LogP contribution in [0.1, 0.15) is 18.3 Å². The zero-order valence-electron chi connectivity index (χ0n) is 14.2.